The normalized spacial score (nSPS) is 11.1. The van der Waals surface area contributed by atoms with Gasteiger partial charge < -0.3 is 9.47 Å². The highest BCUT2D eigenvalue weighted by Gasteiger charge is 1.98. The maximum absolute atomic E-state index is 10.9. The van der Waals surface area contributed by atoms with E-state index in [-0.39, 0.29) is 5.97 Å². The molecule has 0 aliphatic rings. The lowest BCUT2D eigenvalue weighted by molar-refractivity contribution is -0.140. The minimum Gasteiger partial charge on any atom is -0.469 e. The third-order valence-corrected chi connectivity index (χ3v) is 3.62. The summed E-state index contributed by atoms with van der Waals surface area (Å²) in [7, 11) is 3.22. The van der Waals surface area contributed by atoms with Crippen LogP contribution in [0.15, 0.2) is 12.2 Å². The Balaban J connectivity index is 3.10. The molecule has 124 valence electrons. The van der Waals surface area contributed by atoms with Crippen molar-refractivity contribution < 1.29 is 14.3 Å². The highest BCUT2D eigenvalue weighted by Crippen LogP contribution is 2.09. The van der Waals surface area contributed by atoms with Crippen LogP contribution in [0.3, 0.4) is 0 Å². The van der Waals surface area contributed by atoms with E-state index in [9.17, 15) is 4.79 Å². The molecule has 0 atom stereocenters. The molecule has 0 heterocycles. The Hall–Kier alpha value is -0.830. The summed E-state index contributed by atoms with van der Waals surface area (Å²) in [5.74, 6) is -0.0832. The molecule has 3 nitrogen and oxygen atoms in total. The Bertz CT molecular complexity index is 249. The molecule has 0 saturated carbocycles. The number of rotatable bonds is 15. The van der Waals surface area contributed by atoms with Gasteiger partial charge in [0.05, 0.1) is 7.11 Å². The van der Waals surface area contributed by atoms with Crippen LogP contribution >= 0.6 is 0 Å². The number of carbonyl (C=O) groups is 1. The van der Waals surface area contributed by atoms with Gasteiger partial charge in [0.15, 0.2) is 0 Å². The van der Waals surface area contributed by atoms with Crippen LogP contribution in [0.2, 0.25) is 0 Å². The van der Waals surface area contributed by atoms with E-state index >= 15 is 0 Å². The van der Waals surface area contributed by atoms with Gasteiger partial charge in [-0.05, 0) is 38.5 Å². The molecule has 0 aromatic heterocycles. The molecule has 0 aromatic carbocycles. The van der Waals surface area contributed by atoms with E-state index in [1.54, 1.807) is 7.11 Å². The fourth-order valence-corrected chi connectivity index (χ4v) is 2.26. The molecule has 21 heavy (non-hydrogen) atoms. The number of methoxy groups -OCH3 is 2. The van der Waals surface area contributed by atoms with E-state index < -0.39 is 0 Å². The standard InChI is InChI=1S/C18H34O3/c1-20-17-15-13-11-9-7-5-3-4-6-8-10-12-14-16-18(19)21-2/h3,5H,4,6-17H2,1-2H3/b5-3-. The van der Waals surface area contributed by atoms with Crippen molar-refractivity contribution in [1.29, 1.82) is 0 Å². The van der Waals surface area contributed by atoms with Gasteiger partial charge in [-0.3, -0.25) is 4.79 Å². The first-order valence-corrected chi connectivity index (χ1v) is 8.52. The summed E-state index contributed by atoms with van der Waals surface area (Å²) in [6.45, 7) is 0.898. The Labute approximate surface area is 131 Å². The van der Waals surface area contributed by atoms with Crippen LogP contribution in [0.5, 0.6) is 0 Å². The Morgan fingerprint density at radius 2 is 1.29 bits per heavy atom. The number of carbonyl (C=O) groups excluding carboxylic acids is 1. The van der Waals surface area contributed by atoms with E-state index in [4.69, 9.17) is 4.74 Å². The van der Waals surface area contributed by atoms with Crippen LogP contribution in [0.25, 0.3) is 0 Å². The Morgan fingerprint density at radius 3 is 1.86 bits per heavy atom. The molecule has 0 saturated heterocycles. The lowest BCUT2D eigenvalue weighted by Gasteiger charge is -2.00. The van der Waals surface area contributed by atoms with E-state index in [0.717, 1.165) is 19.4 Å². The van der Waals surface area contributed by atoms with Crippen LogP contribution in [0.1, 0.15) is 77.0 Å². The first kappa shape index (κ1) is 20.2. The molecule has 3 heteroatoms. The fraction of sp³-hybridized carbons (Fsp3) is 0.833. The number of hydrogen-bond acceptors (Lipinski definition) is 3. The number of esters is 1. The summed E-state index contributed by atoms with van der Waals surface area (Å²) in [6, 6.07) is 0. The molecule has 0 rings (SSSR count). The first-order chi connectivity index (χ1) is 10.3. The number of allylic oxidation sites excluding steroid dienone is 2. The molecule has 0 aliphatic heterocycles. The van der Waals surface area contributed by atoms with Crippen molar-refractivity contribution in [1.82, 2.24) is 0 Å². The van der Waals surface area contributed by atoms with Crippen molar-refractivity contribution in [2.45, 2.75) is 77.0 Å². The third-order valence-electron chi connectivity index (χ3n) is 3.62. The van der Waals surface area contributed by atoms with Gasteiger partial charge in [0.1, 0.15) is 0 Å². The second-order valence-corrected chi connectivity index (χ2v) is 5.55. The average Bonchev–Trinajstić information content (AvgIpc) is 2.50. The van der Waals surface area contributed by atoms with Gasteiger partial charge >= 0.3 is 5.97 Å². The Morgan fingerprint density at radius 1 is 0.762 bits per heavy atom. The summed E-state index contributed by atoms with van der Waals surface area (Å²) in [6.07, 6.45) is 18.6. The van der Waals surface area contributed by atoms with Gasteiger partial charge in [-0.2, -0.15) is 0 Å². The predicted octanol–water partition coefficient (Wildman–Crippen LogP) is 5.04. The van der Waals surface area contributed by atoms with Crippen molar-refractivity contribution in [3.8, 4) is 0 Å². The zero-order valence-electron chi connectivity index (χ0n) is 14.1. The smallest absolute Gasteiger partial charge is 0.305 e. The summed E-state index contributed by atoms with van der Waals surface area (Å²) in [4.78, 5) is 10.9. The van der Waals surface area contributed by atoms with E-state index in [0.29, 0.717) is 6.42 Å². The third kappa shape index (κ3) is 17.1. The topological polar surface area (TPSA) is 35.5 Å². The maximum atomic E-state index is 10.9. The molecule has 0 fully saturated rings. The molecule has 0 aliphatic carbocycles. The van der Waals surface area contributed by atoms with Gasteiger partial charge in [0.2, 0.25) is 0 Å². The van der Waals surface area contributed by atoms with Crippen molar-refractivity contribution in [3.63, 3.8) is 0 Å². The lowest BCUT2D eigenvalue weighted by atomic mass is 10.1. The fourth-order valence-electron chi connectivity index (χ4n) is 2.26. The molecule has 0 N–H and O–H groups in total. The SMILES string of the molecule is COCCCCCC/C=C\CCCCCCCC(=O)OC. The second-order valence-electron chi connectivity index (χ2n) is 5.55. The molecular weight excluding hydrogens is 264 g/mol. The highest BCUT2D eigenvalue weighted by atomic mass is 16.5. The van der Waals surface area contributed by atoms with E-state index in [1.807, 2.05) is 0 Å². The zero-order chi connectivity index (χ0) is 15.6. The summed E-state index contributed by atoms with van der Waals surface area (Å²) >= 11 is 0. The molecule has 0 bridgehead atoms. The van der Waals surface area contributed by atoms with Gasteiger partial charge in [-0.25, -0.2) is 0 Å². The maximum Gasteiger partial charge on any atom is 0.305 e. The predicted molar refractivity (Wildman–Crippen MR) is 88.4 cm³/mol. The highest BCUT2D eigenvalue weighted by molar-refractivity contribution is 5.68. The second kappa shape index (κ2) is 17.2. The monoisotopic (exact) mass is 298 g/mol. The molecule has 0 aromatic rings. The first-order valence-electron chi connectivity index (χ1n) is 8.52. The minimum absolute atomic E-state index is 0.0832. The number of hydrogen-bond donors (Lipinski definition) is 0. The van der Waals surface area contributed by atoms with Gasteiger partial charge in [0, 0.05) is 20.1 Å². The van der Waals surface area contributed by atoms with Crippen LogP contribution in [-0.4, -0.2) is 26.8 Å². The Kier molecular flexibility index (Phi) is 16.5. The molecule has 0 unspecified atom stereocenters. The van der Waals surface area contributed by atoms with E-state index in [1.165, 1.54) is 64.9 Å². The molecule has 0 radical (unpaired) electrons. The number of ether oxygens (including phenoxy) is 2. The van der Waals surface area contributed by atoms with Crippen LogP contribution < -0.4 is 0 Å². The van der Waals surface area contributed by atoms with Crippen molar-refractivity contribution >= 4 is 5.97 Å². The number of unbranched alkanes of at least 4 members (excludes halogenated alkanes) is 9. The van der Waals surface area contributed by atoms with Gasteiger partial charge in [-0.15, -0.1) is 0 Å². The quantitative estimate of drug-likeness (QED) is 0.241. The van der Waals surface area contributed by atoms with E-state index in [2.05, 4.69) is 16.9 Å². The summed E-state index contributed by atoms with van der Waals surface area (Å²) < 4.78 is 9.64. The largest absolute Gasteiger partial charge is 0.469 e. The van der Waals surface area contributed by atoms with Gasteiger partial charge in [-0.1, -0.05) is 44.3 Å². The zero-order valence-corrected chi connectivity index (χ0v) is 14.1. The van der Waals surface area contributed by atoms with Crippen LogP contribution in [0, 0.1) is 0 Å². The molecule has 0 amide bonds. The summed E-state index contributed by atoms with van der Waals surface area (Å²) in [5, 5.41) is 0. The summed E-state index contributed by atoms with van der Waals surface area (Å²) in [5.41, 5.74) is 0. The van der Waals surface area contributed by atoms with Crippen molar-refractivity contribution in [2.75, 3.05) is 20.8 Å². The van der Waals surface area contributed by atoms with Crippen LogP contribution in [0.4, 0.5) is 0 Å². The lowest BCUT2D eigenvalue weighted by Crippen LogP contribution is -1.98. The van der Waals surface area contributed by atoms with Gasteiger partial charge in [0.25, 0.3) is 0 Å². The van der Waals surface area contributed by atoms with Crippen molar-refractivity contribution in [3.05, 3.63) is 12.2 Å². The van der Waals surface area contributed by atoms with Crippen LogP contribution in [-0.2, 0) is 14.3 Å². The minimum atomic E-state index is -0.0832. The average molecular weight is 298 g/mol. The molecular formula is C18H34O3. The van der Waals surface area contributed by atoms with Crippen molar-refractivity contribution in [2.24, 2.45) is 0 Å². The molecule has 0 spiro atoms.